The van der Waals surface area contributed by atoms with E-state index in [4.69, 9.17) is 9.72 Å². The molecule has 166 valence electrons. The third kappa shape index (κ3) is 4.26. The summed E-state index contributed by atoms with van der Waals surface area (Å²) in [6, 6.07) is 16.0. The average Bonchev–Trinajstić information content (AvgIpc) is 3.28. The van der Waals surface area contributed by atoms with Crippen LogP contribution in [-0.2, 0) is 11.3 Å². The molecule has 0 spiro atoms. The molecule has 0 radical (unpaired) electrons. The molecule has 0 saturated carbocycles. The van der Waals surface area contributed by atoms with E-state index in [1.807, 2.05) is 62.4 Å². The Kier molecular flexibility index (Phi) is 6.04. The van der Waals surface area contributed by atoms with E-state index < -0.39 is 0 Å². The number of amides is 1. The number of H-pyrrole nitrogens is 1. The van der Waals surface area contributed by atoms with Gasteiger partial charge in [0.15, 0.2) is 0 Å². The maximum Gasteiger partial charge on any atom is 0.225 e. The van der Waals surface area contributed by atoms with Gasteiger partial charge in [0.25, 0.3) is 0 Å². The zero-order valence-corrected chi connectivity index (χ0v) is 19.3. The van der Waals surface area contributed by atoms with Gasteiger partial charge in [-0.3, -0.25) is 4.79 Å². The second-order valence-electron chi connectivity index (χ2n) is 8.62. The summed E-state index contributed by atoms with van der Waals surface area (Å²) in [5.74, 6) is 2.64. The number of imidazole rings is 1. The van der Waals surface area contributed by atoms with Crippen LogP contribution in [0, 0.1) is 19.8 Å². The van der Waals surface area contributed by atoms with Gasteiger partial charge < -0.3 is 19.6 Å². The predicted molar refractivity (Wildman–Crippen MR) is 129 cm³/mol. The standard InChI is InChI=1S/C26H30N4O2/c1-16(2)14-23(31)29-26-24(25-27-21-8-6-7-9-22(21)28-25)17(3)18(4)30(26)15-19-10-12-20(32-5)13-11-19/h6-13,16H,14-15H2,1-5H3,(H,27,28)(H,29,31). The van der Waals surface area contributed by atoms with Gasteiger partial charge in [-0.2, -0.15) is 0 Å². The summed E-state index contributed by atoms with van der Waals surface area (Å²) >= 11 is 0. The van der Waals surface area contributed by atoms with Gasteiger partial charge in [0, 0.05) is 18.7 Å². The van der Waals surface area contributed by atoms with Crippen LogP contribution in [0.2, 0.25) is 0 Å². The van der Waals surface area contributed by atoms with Crippen molar-refractivity contribution in [2.75, 3.05) is 12.4 Å². The summed E-state index contributed by atoms with van der Waals surface area (Å²) in [5, 5.41) is 3.20. The number of para-hydroxylation sites is 2. The summed E-state index contributed by atoms with van der Waals surface area (Å²) in [6.07, 6.45) is 0.464. The molecule has 0 atom stereocenters. The van der Waals surface area contributed by atoms with Crippen LogP contribution in [0.25, 0.3) is 22.4 Å². The molecule has 0 aliphatic carbocycles. The number of rotatable bonds is 7. The van der Waals surface area contributed by atoms with Crippen LogP contribution in [-0.4, -0.2) is 27.6 Å². The van der Waals surface area contributed by atoms with Gasteiger partial charge in [-0.25, -0.2) is 4.98 Å². The van der Waals surface area contributed by atoms with Crippen molar-refractivity contribution in [3.63, 3.8) is 0 Å². The number of aromatic nitrogens is 3. The van der Waals surface area contributed by atoms with E-state index in [-0.39, 0.29) is 11.8 Å². The molecular formula is C26H30N4O2. The highest BCUT2D eigenvalue weighted by Gasteiger charge is 2.23. The van der Waals surface area contributed by atoms with E-state index in [2.05, 4.69) is 28.7 Å². The number of anilines is 1. The molecule has 0 aliphatic rings. The van der Waals surface area contributed by atoms with Crippen molar-refractivity contribution >= 4 is 22.8 Å². The fourth-order valence-electron chi connectivity index (χ4n) is 4.02. The zero-order chi connectivity index (χ0) is 22.8. The van der Waals surface area contributed by atoms with Crippen LogP contribution < -0.4 is 10.1 Å². The lowest BCUT2D eigenvalue weighted by molar-refractivity contribution is -0.116. The van der Waals surface area contributed by atoms with Crippen molar-refractivity contribution in [1.82, 2.24) is 14.5 Å². The number of hydrogen-bond donors (Lipinski definition) is 2. The van der Waals surface area contributed by atoms with Crippen LogP contribution >= 0.6 is 0 Å². The molecule has 1 amide bonds. The lowest BCUT2D eigenvalue weighted by atomic mass is 10.1. The Balaban J connectivity index is 1.82. The van der Waals surface area contributed by atoms with Crippen molar-refractivity contribution < 1.29 is 9.53 Å². The first-order valence-corrected chi connectivity index (χ1v) is 10.9. The van der Waals surface area contributed by atoms with Gasteiger partial charge >= 0.3 is 0 Å². The van der Waals surface area contributed by atoms with E-state index in [0.29, 0.717) is 13.0 Å². The quantitative estimate of drug-likeness (QED) is 0.396. The summed E-state index contributed by atoms with van der Waals surface area (Å²) in [6.45, 7) is 8.90. The van der Waals surface area contributed by atoms with Crippen LogP contribution in [0.4, 0.5) is 5.82 Å². The highest BCUT2D eigenvalue weighted by Crippen LogP contribution is 2.36. The Hall–Kier alpha value is -3.54. The number of nitrogens with one attached hydrogen (secondary N) is 2. The normalized spacial score (nSPS) is 11.3. The highest BCUT2D eigenvalue weighted by atomic mass is 16.5. The number of benzene rings is 2. The van der Waals surface area contributed by atoms with E-state index in [1.54, 1.807) is 7.11 Å². The molecule has 4 rings (SSSR count). The molecule has 2 aromatic carbocycles. The minimum Gasteiger partial charge on any atom is -0.497 e. The Labute approximate surface area is 188 Å². The van der Waals surface area contributed by atoms with Crippen LogP contribution in [0.5, 0.6) is 5.75 Å². The molecule has 4 aromatic rings. The maximum atomic E-state index is 12.8. The van der Waals surface area contributed by atoms with E-state index in [1.165, 1.54) is 0 Å². The Morgan fingerprint density at radius 3 is 2.50 bits per heavy atom. The number of nitrogens with zero attached hydrogens (tertiary/aromatic N) is 2. The molecule has 2 aromatic heterocycles. The topological polar surface area (TPSA) is 71.9 Å². The van der Waals surface area contributed by atoms with Gasteiger partial charge in [0.1, 0.15) is 17.4 Å². The molecule has 0 bridgehead atoms. The molecule has 2 heterocycles. The number of aromatic amines is 1. The van der Waals surface area contributed by atoms with Gasteiger partial charge in [-0.1, -0.05) is 38.1 Å². The lowest BCUT2D eigenvalue weighted by Crippen LogP contribution is -2.18. The smallest absolute Gasteiger partial charge is 0.225 e. The van der Waals surface area contributed by atoms with Gasteiger partial charge in [-0.15, -0.1) is 0 Å². The molecule has 32 heavy (non-hydrogen) atoms. The number of carbonyl (C=O) groups is 1. The summed E-state index contributed by atoms with van der Waals surface area (Å²) in [7, 11) is 1.66. The molecule has 0 aliphatic heterocycles. The zero-order valence-electron chi connectivity index (χ0n) is 19.3. The Bertz CT molecular complexity index is 1220. The van der Waals surface area contributed by atoms with Crippen molar-refractivity contribution in [2.24, 2.45) is 5.92 Å². The minimum absolute atomic E-state index is 0.00541. The maximum absolute atomic E-state index is 12.8. The van der Waals surface area contributed by atoms with Gasteiger partial charge in [0.05, 0.1) is 23.7 Å². The molecule has 6 heteroatoms. The summed E-state index contributed by atoms with van der Waals surface area (Å²) in [5.41, 5.74) is 6.13. The number of methoxy groups -OCH3 is 1. The van der Waals surface area contributed by atoms with Crippen molar-refractivity contribution in [1.29, 1.82) is 0 Å². The highest BCUT2D eigenvalue weighted by molar-refractivity contribution is 5.96. The number of fused-ring (bicyclic) bond motifs is 1. The van der Waals surface area contributed by atoms with Crippen molar-refractivity contribution in [2.45, 2.75) is 40.7 Å². The molecular weight excluding hydrogens is 400 g/mol. The largest absolute Gasteiger partial charge is 0.497 e. The molecule has 2 N–H and O–H groups in total. The third-order valence-corrected chi connectivity index (χ3v) is 5.81. The van der Waals surface area contributed by atoms with Crippen LogP contribution in [0.3, 0.4) is 0 Å². The monoisotopic (exact) mass is 430 g/mol. The first-order chi connectivity index (χ1) is 15.4. The van der Waals surface area contributed by atoms with Crippen molar-refractivity contribution in [3.05, 3.63) is 65.4 Å². The van der Waals surface area contributed by atoms with E-state index in [0.717, 1.165) is 50.8 Å². The first kappa shape index (κ1) is 21.7. The summed E-state index contributed by atoms with van der Waals surface area (Å²) < 4.78 is 7.45. The number of ether oxygens (including phenoxy) is 1. The number of carbonyl (C=O) groups excluding carboxylic acids is 1. The average molecular weight is 431 g/mol. The second kappa shape index (κ2) is 8.91. The fraction of sp³-hybridized carbons (Fsp3) is 0.308. The molecule has 0 saturated heterocycles. The van der Waals surface area contributed by atoms with Crippen LogP contribution in [0.1, 0.15) is 37.1 Å². The Morgan fingerprint density at radius 2 is 1.84 bits per heavy atom. The minimum atomic E-state index is 0.00541. The van der Waals surface area contributed by atoms with E-state index in [9.17, 15) is 4.79 Å². The Morgan fingerprint density at radius 1 is 1.12 bits per heavy atom. The summed E-state index contributed by atoms with van der Waals surface area (Å²) in [4.78, 5) is 21.1. The third-order valence-electron chi connectivity index (χ3n) is 5.81. The second-order valence-corrected chi connectivity index (χ2v) is 8.62. The van der Waals surface area contributed by atoms with Gasteiger partial charge in [0.2, 0.25) is 5.91 Å². The molecule has 6 nitrogen and oxygen atoms in total. The molecule has 0 unspecified atom stereocenters. The lowest BCUT2D eigenvalue weighted by Gasteiger charge is -2.15. The van der Waals surface area contributed by atoms with E-state index >= 15 is 0 Å². The van der Waals surface area contributed by atoms with Crippen LogP contribution in [0.15, 0.2) is 48.5 Å². The SMILES string of the molecule is COc1ccc(Cn2c(C)c(C)c(-c3nc4ccccc4[nH]3)c2NC(=O)CC(C)C)cc1. The molecule has 0 fully saturated rings. The first-order valence-electron chi connectivity index (χ1n) is 10.9. The van der Waals surface area contributed by atoms with Gasteiger partial charge in [-0.05, 0) is 55.2 Å². The fourth-order valence-corrected chi connectivity index (χ4v) is 4.02. The predicted octanol–water partition coefficient (Wildman–Crippen LogP) is 5.69. The van der Waals surface area contributed by atoms with Crippen molar-refractivity contribution in [3.8, 4) is 17.1 Å². The number of hydrogen-bond acceptors (Lipinski definition) is 3.